The summed E-state index contributed by atoms with van der Waals surface area (Å²) in [6.45, 7) is 4.43. The number of anilines is 1. The third kappa shape index (κ3) is 5.36. The van der Waals surface area contributed by atoms with Crippen molar-refractivity contribution in [1.82, 2.24) is 25.4 Å². The summed E-state index contributed by atoms with van der Waals surface area (Å²) in [5, 5.41) is 13.5. The van der Waals surface area contributed by atoms with E-state index in [2.05, 4.69) is 46.4 Å². The highest BCUT2D eigenvalue weighted by Gasteiger charge is 2.41. The molecular formula is C23H39N7O2S. The van der Waals surface area contributed by atoms with Crippen molar-refractivity contribution < 1.29 is 8.42 Å². The van der Waals surface area contributed by atoms with Gasteiger partial charge in [0.25, 0.3) is 0 Å². The van der Waals surface area contributed by atoms with E-state index in [1.165, 1.54) is 9.88 Å². The van der Waals surface area contributed by atoms with Gasteiger partial charge in [-0.25, -0.2) is 12.7 Å². The van der Waals surface area contributed by atoms with Crippen molar-refractivity contribution in [2.45, 2.75) is 81.4 Å². The first-order chi connectivity index (χ1) is 15.6. The van der Waals surface area contributed by atoms with Crippen LogP contribution in [-0.4, -0.2) is 62.4 Å². The summed E-state index contributed by atoms with van der Waals surface area (Å²) in [5.41, 5.74) is 11.8. The van der Waals surface area contributed by atoms with Crippen LogP contribution in [0.3, 0.4) is 0 Å². The molecule has 2 fully saturated rings. The van der Waals surface area contributed by atoms with Crippen LogP contribution in [-0.2, 0) is 10.0 Å². The average Bonchev–Trinajstić information content (AvgIpc) is 3.20. The summed E-state index contributed by atoms with van der Waals surface area (Å²) < 4.78 is 26.0. The normalized spacial score (nSPS) is 30.8. The maximum atomic E-state index is 12.4. The minimum absolute atomic E-state index is 0.0309. The first kappa shape index (κ1) is 24.4. The number of nitrogens with zero attached hydrogens (tertiary/aromatic N) is 2. The highest BCUT2D eigenvalue weighted by atomic mass is 32.2. The van der Waals surface area contributed by atoms with Gasteiger partial charge in [-0.15, -0.1) is 0 Å². The number of hydrogen-bond donors (Lipinski definition) is 5. The number of nitrogens with two attached hydrogens (primary N) is 1. The van der Waals surface area contributed by atoms with Crippen LogP contribution in [0.15, 0.2) is 40.9 Å². The molecule has 3 aliphatic rings. The zero-order valence-corrected chi connectivity index (χ0v) is 20.9. The second kappa shape index (κ2) is 9.89. The summed E-state index contributed by atoms with van der Waals surface area (Å²) >= 11 is 0. The van der Waals surface area contributed by atoms with E-state index in [0.717, 1.165) is 37.8 Å². The lowest BCUT2D eigenvalue weighted by Gasteiger charge is -2.45. The monoisotopic (exact) mass is 477 g/mol. The van der Waals surface area contributed by atoms with Crippen LogP contribution in [0.25, 0.3) is 0 Å². The Morgan fingerprint density at radius 3 is 2.39 bits per heavy atom. The zero-order valence-electron chi connectivity index (χ0n) is 20.1. The Bertz CT molecular complexity index is 940. The SMILES string of the molecule is CC(C)C1=CNN2C(Nc3ccc(S(=O)(=O)N(C)C)cc3)CC(NC3CCC(N)CC3)NC12. The van der Waals surface area contributed by atoms with E-state index in [-0.39, 0.29) is 18.5 Å². The van der Waals surface area contributed by atoms with Gasteiger partial charge in [0, 0.05) is 44.5 Å². The van der Waals surface area contributed by atoms with Crippen molar-refractivity contribution in [2.24, 2.45) is 11.7 Å². The Morgan fingerprint density at radius 2 is 1.79 bits per heavy atom. The van der Waals surface area contributed by atoms with E-state index in [1.54, 1.807) is 26.2 Å². The molecule has 3 atom stereocenters. The molecule has 9 nitrogen and oxygen atoms in total. The van der Waals surface area contributed by atoms with Crippen molar-refractivity contribution in [3.63, 3.8) is 0 Å². The molecule has 10 heteroatoms. The van der Waals surface area contributed by atoms with Gasteiger partial charge in [-0.1, -0.05) is 13.8 Å². The van der Waals surface area contributed by atoms with Crippen LogP contribution in [0.1, 0.15) is 46.0 Å². The number of nitrogens with one attached hydrogen (secondary N) is 4. The van der Waals surface area contributed by atoms with Gasteiger partial charge < -0.3 is 16.5 Å². The van der Waals surface area contributed by atoms with Crippen molar-refractivity contribution in [1.29, 1.82) is 0 Å². The lowest BCUT2D eigenvalue weighted by Crippen LogP contribution is -2.67. The molecule has 0 aromatic heterocycles. The molecule has 2 heterocycles. The van der Waals surface area contributed by atoms with Crippen LogP contribution in [0.4, 0.5) is 5.69 Å². The van der Waals surface area contributed by atoms with Crippen molar-refractivity contribution in [3.8, 4) is 0 Å². The second-order valence-corrected chi connectivity index (χ2v) is 12.1. The molecule has 184 valence electrons. The van der Waals surface area contributed by atoms with Crippen LogP contribution >= 0.6 is 0 Å². The van der Waals surface area contributed by atoms with Crippen LogP contribution < -0.4 is 27.1 Å². The third-order valence-corrected chi connectivity index (χ3v) is 8.80. The molecule has 1 saturated heterocycles. The fraction of sp³-hybridized carbons (Fsp3) is 0.652. The number of rotatable bonds is 7. The van der Waals surface area contributed by atoms with E-state index < -0.39 is 10.0 Å². The molecule has 0 radical (unpaired) electrons. The molecule has 3 unspecified atom stereocenters. The molecule has 4 rings (SSSR count). The number of fused-ring (bicyclic) bond motifs is 1. The number of sulfonamides is 1. The predicted octanol–water partition coefficient (Wildman–Crippen LogP) is 1.54. The predicted molar refractivity (Wildman–Crippen MR) is 131 cm³/mol. The Kier molecular flexibility index (Phi) is 7.32. The van der Waals surface area contributed by atoms with Gasteiger partial charge in [0.2, 0.25) is 10.0 Å². The largest absolute Gasteiger partial charge is 0.368 e. The van der Waals surface area contributed by atoms with Gasteiger partial charge in [-0.05, 0) is 61.4 Å². The van der Waals surface area contributed by atoms with Crippen LogP contribution in [0, 0.1) is 5.92 Å². The molecule has 0 spiro atoms. The topological polar surface area (TPSA) is 115 Å². The Hall–Kier alpha value is -1.69. The van der Waals surface area contributed by atoms with Crippen LogP contribution in [0.5, 0.6) is 0 Å². The van der Waals surface area contributed by atoms with E-state index in [4.69, 9.17) is 5.73 Å². The van der Waals surface area contributed by atoms with E-state index >= 15 is 0 Å². The van der Waals surface area contributed by atoms with E-state index in [9.17, 15) is 8.42 Å². The third-order valence-electron chi connectivity index (χ3n) is 6.97. The Labute approximate surface area is 198 Å². The van der Waals surface area contributed by atoms with Gasteiger partial charge in [0.15, 0.2) is 0 Å². The van der Waals surface area contributed by atoms with Crippen molar-refractivity contribution >= 4 is 15.7 Å². The fourth-order valence-electron chi connectivity index (χ4n) is 4.93. The molecule has 1 aromatic carbocycles. The molecule has 1 saturated carbocycles. The smallest absolute Gasteiger partial charge is 0.242 e. The van der Waals surface area contributed by atoms with Gasteiger partial charge in [0.05, 0.1) is 11.1 Å². The summed E-state index contributed by atoms with van der Waals surface area (Å²) in [4.78, 5) is 0.291. The lowest BCUT2D eigenvalue weighted by molar-refractivity contribution is 0.0455. The lowest BCUT2D eigenvalue weighted by atomic mass is 9.91. The number of hydrazine groups is 1. The maximum Gasteiger partial charge on any atom is 0.242 e. The molecule has 33 heavy (non-hydrogen) atoms. The average molecular weight is 478 g/mol. The number of benzene rings is 1. The number of hydrogen-bond acceptors (Lipinski definition) is 8. The second-order valence-electron chi connectivity index (χ2n) is 9.94. The molecule has 1 aromatic rings. The highest BCUT2D eigenvalue weighted by molar-refractivity contribution is 7.89. The first-order valence-corrected chi connectivity index (χ1v) is 13.4. The minimum atomic E-state index is -3.44. The summed E-state index contributed by atoms with van der Waals surface area (Å²) in [6.07, 6.45) is 7.60. The summed E-state index contributed by atoms with van der Waals surface area (Å²) in [7, 11) is -0.354. The van der Waals surface area contributed by atoms with Gasteiger partial charge in [-0.2, -0.15) is 5.01 Å². The molecule has 0 amide bonds. The zero-order chi connectivity index (χ0) is 23.8. The summed E-state index contributed by atoms with van der Waals surface area (Å²) in [5.74, 6) is 0.419. The van der Waals surface area contributed by atoms with Crippen molar-refractivity contribution in [2.75, 3.05) is 19.4 Å². The maximum absolute atomic E-state index is 12.4. The molecule has 6 N–H and O–H groups in total. The molecule has 1 aliphatic carbocycles. The summed E-state index contributed by atoms with van der Waals surface area (Å²) in [6, 6.07) is 7.81. The van der Waals surface area contributed by atoms with Crippen molar-refractivity contribution in [3.05, 3.63) is 36.0 Å². The Balaban J connectivity index is 1.48. The Morgan fingerprint density at radius 1 is 1.12 bits per heavy atom. The van der Waals surface area contributed by atoms with Gasteiger partial charge >= 0.3 is 0 Å². The van der Waals surface area contributed by atoms with Crippen LogP contribution in [0.2, 0.25) is 0 Å². The quantitative estimate of drug-likeness (QED) is 0.402. The van der Waals surface area contributed by atoms with E-state index in [0.29, 0.717) is 22.9 Å². The molecule has 0 bridgehead atoms. The van der Waals surface area contributed by atoms with Gasteiger partial charge in [0.1, 0.15) is 12.3 Å². The first-order valence-electron chi connectivity index (χ1n) is 12.0. The fourth-order valence-corrected chi connectivity index (χ4v) is 5.83. The minimum Gasteiger partial charge on any atom is -0.368 e. The van der Waals surface area contributed by atoms with Gasteiger partial charge in [-0.3, -0.25) is 10.6 Å². The van der Waals surface area contributed by atoms with E-state index in [1.807, 2.05) is 12.1 Å². The molecular weight excluding hydrogens is 438 g/mol. The standard InChI is InChI=1S/C23H39N7O2S/c1-15(2)20-14-25-30-22(27-18-9-11-19(12-10-18)33(31,32)29(3)4)13-21(28-23(20)30)26-17-7-5-16(24)6-8-17/h9-12,14-17,21-23,25-28H,5-8,13,24H2,1-4H3. The highest BCUT2D eigenvalue weighted by Crippen LogP contribution is 2.29. The molecule has 2 aliphatic heterocycles.